The number of aryl methyl sites for hydroxylation is 1. The molecule has 0 fully saturated rings. The summed E-state index contributed by atoms with van der Waals surface area (Å²) in [6.45, 7) is 10.9. The van der Waals surface area contributed by atoms with Crippen molar-refractivity contribution >= 4 is 19.1 Å². The van der Waals surface area contributed by atoms with Gasteiger partial charge in [0.05, 0.1) is 4.90 Å². The molecule has 0 saturated carbocycles. The summed E-state index contributed by atoms with van der Waals surface area (Å²) < 4.78 is 18.9. The Balaban J connectivity index is 2.89. The lowest BCUT2D eigenvalue weighted by atomic mass is 10.2. The van der Waals surface area contributed by atoms with Crippen molar-refractivity contribution in [3.05, 3.63) is 29.8 Å². The first-order chi connectivity index (χ1) is 11.5. The third-order valence-electron chi connectivity index (χ3n) is 4.69. The van der Waals surface area contributed by atoms with Crippen LogP contribution in [-0.2, 0) is 15.2 Å². The highest BCUT2D eigenvalue weighted by Crippen LogP contribution is 2.24. The molecule has 1 aromatic rings. The van der Waals surface area contributed by atoms with Crippen molar-refractivity contribution in [1.82, 2.24) is 0 Å². The SMILES string of the molecule is CCCCC(C#C[S@@](=O)c1ccc(C)cc1)O[Si](CC)(CC)CC. The molecule has 0 bridgehead atoms. The number of benzene rings is 1. The van der Waals surface area contributed by atoms with Gasteiger partial charge >= 0.3 is 0 Å². The van der Waals surface area contributed by atoms with E-state index in [1.807, 2.05) is 31.2 Å². The topological polar surface area (TPSA) is 26.3 Å². The van der Waals surface area contributed by atoms with Crippen LogP contribution in [-0.4, -0.2) is 18.6 Å². The summed E-state index contributed by atoms with van der Waals surface area (Å²) in [5.41, 5.74) is 1.16. The van der Waals surface area contributed by atoms with Crippen LogP contribution in [0.2, 0.25) is 18.1 Å². The van der Waals surface area contributed by atoms with Crippen LogP contribution in [0.3, 0.4) is 0 Å². The first-order valence-corrected chi connectivity index (χ1v) is 12.9. The Morgan fingerprint density at radius 1 is 1.08 bits per heavy atom. The van der Waals surface area contributed by atoms with Crippen LogP contribution < -0.4 is 0 Å². The predicted octanol–water partition coefficient (Wildman–Crippen LogP) is 5.64. The summed E-state index contributed by atoms with van der Waals surface area (Å²) >= 11 is 0. The van der Waals surface area contributed by atoms with Crippen molar-refractivity contribution in [2.75, 3.05) is 0 Å². The van der Waals surface area contributed by atoms with Crippen LogP contribution in [0.1, 0.15) is 52.5 Å². The smallest absolute Gasteiger partial charge is 0.193 e. The van der Waals surface area contributed by atoms with Gasteiger partial charge in [0.1, 0.15) is 16.9 Å². The largest absolute Gasteiger partial charge is 0.403 e. The molecule has 0 N–H and O–H groups in total. The molecule has 0 aromatic heterocycles. The maximum Gasteiger partial charge on any atom is 0.193 e. The zero-order valence-electron chi connectivity index (χ0n) is 15.9. The van der Waals surface area contributed by atoms with Gasteiger partial charge in [-0.1, -0.05) is 64.2 Å². The Morgan fingerprint density at radius 3 is 2.17 bits per heavy atom. The van der Waals surface area contributed by atoms with Crippen LogP contribution in [0, 0.1) is 18.1 Å². The summed E-state index contributed by atoms with van der Waals surface area (Å²) in [4.78, 5) is 0.771. The van der Waals surface area contributed by atoms with E-state index >= 15 is 0 Å². The van der Waals surface area contributed by atoms with E-state index in [2.05, 4.69) is 38.9 Å². The van der Waals surface area contributed by atoms with Crippen molar-refractivity contribution in [2.24, 2.45) is 0 Å². The second-order valence-corrected chi connectivity index (χ2v) is 12.3. The lowest BCUT2D eigenvalue weighted by Gasteiger charge is -2.31. The molecule has 0 aliphatic rings. The molecule has 0 amide bonds. The second-order valence-electron chi connectivity index (χ2n) is 6.32. The van der Waals surface area contributed by atoms with Crippen LogP contribution >= 0.6 is 0 Å². The molecular formula is C20H32O2SSi. The highest BCUT2D eigenvalue weighted by Gasteiger charge is 2.31. The molecule has 0 aliphatic carbocycles. The third-order valence-corrected chi connectivity index (χ3v) is 10.3. The van der Waals surface area contributed by atoms with E-state index in [9.17, 15) is 4.21 Å². The zero-order chi connectivity index (χ0) is 18.0. The average Bonchev–Trinajstić information content (AvgIpc) is 2.62. The third kappa shape index (κ3) is 6.55. The minimum Gasteiger partial charge on any atom is -0.403 e. The van der Waals surface area contributed by atoms with Gasteiger partial charge < -0.3 is 4.43 Å². The maximum absolute atomic E-state index is 12.4. The quantitative estimate of drug-likeness (QED) is 0.418. The van der Waals surface area contributed by atoms with E-state index in [-0.39, 0.29) is 6.10 Å². The standard InChI is InChI=1S/C20H32O2SSi/c1-6-10-11-19(22-24(7-2,8-3)9-4)16-17-23(21)20-14-12-18(5)13-15-20/h12-15,19H,6-11H2,1-5H3/t19?,23-/m1/s1. The van der Waals surface area contributed by atoms with Crippen molar-refractivity contribution in [3.8, 4) is 11.2 Å². The molecule has 1 unspecified atom stereocenters. The molecule has 0 spiro atoms. The monoisotopic (exact) mass is 364 g/mol. The summed E-state index contributed by atoms with van der Waals surface area (Å²) in [5.74, 6) is 3.19. The van der Waals surface area contributed by atoms with E-state index in [1.165, 1.54) is 0 Å². The molecule has 0 radical (unpaired) electrons. The van der Waals surface area contributed by atoms with Gasteiger partial charge in [0.2, 0.25) is 0 Å². The fraction of sp³-hybridized carbons (Fsp3) is 0.600. The summed E-state index contributed by atoms with van der Waals surface area (Å²) in [5, 5.41) is 2.94. The van der Waals surface area contributed by atoms with E-state index in [0.29, 0.717) is 0 Å². The van der Waals surface area contributed by atoms with Gasteiger partial charge in [0.25, 0.3) is 0 Å². The fourth-order valence-corrected chi connectivity index (χ4v) is 6.21. The van der Waals surface area contributed by atoms with Crippen LogP contribution in [0.5, 0.6) is 0 Å². The van der Waals surface area contributed by atoms with E-state index in [1.54, 1.807) is 0 Å². The summed E-state index contributed by atoms with van der Waals surface area (Å²) in [7, 11) is -2.97. The van der Waals surface area contributed by atoms with Gasteiger partial charge in [-0.3, -0.25) is 0 Å². The number of hydrogen-bond donors (Lipinski definition) is 0. The molecule has 0 heterocycles. The molecule has 134 valence electrons. The molecular weight excluding hydrogens is 332 g/mol. The Bertz CT molecular complexity index is 559. The molecule has 1 aromatic carbocycles. The second kappa shape index (κ2) is 10.9. The Morgan fingerprint density at radius 2 is 1.67 bits per heavy atom. The van der Waals surface area contributed by atoms with Gasteiger partial charge in [0, 0.05) is 5.25 Å². The lowest BCUT2D eigenvalue weighted by molar-refractivity contribution is 0.227. The highest BCUT2D eigenvalue weighted by molar-refractivity contribution is 7.89. The molecule has 4 heteroatoms. The van der Waals surface area contributed by atoms with Gasteiger partial charge in [-0.25, -0.2) is 4.21 Å². The van der Waals surface area contributed by atoms with Gasteiger partial charge in [-0.05, 0) is 43.6 Å². The van der Waals surface area contributed by atoms with Gasteiger partial charge in [0.15, 0.2) is 8.32 Å². The fourth-order valence-electron chi connectivity index (χ4n) is 2.69. The number of rotatable bonds is 9. The van der Waals surface area contributed by atoms with E-state index < -0.39 is 19.1 Å². The molecule has 1 rings (SSSR count). The van der Waals surface area contributed by atoms with Crippen molar-refractivity contribution in [3.63, 3.8) is 0 Å². The van der Waals surface area contributed by atoms with Gasteiger partial charge in [-0.15, -0.1) is 0 Å². The minimum atomic E-state index is -1.69. The van der Waals surface area contributed by atoms with Crippen LogP contribution in [0.25, 0.3) is 0 Å². The predicted molar refractivity (Wildman–Crippen MR) is 107 cm³/mol. The van der Waals surface area contributed by atoms with Crippen LogP contribution in [0.4, 0.5) is 0 Å². The average molecular weight is 365 g/mol. The molecule has 0 aliphatic heterocycles. The highest BCUT2D eigenvalue weighted by atomic mass is 32.2. The number of hydrogen-bond acceptors (Lipinski definition) is 2. The van der Waals surface area contributed by atoms with Crippen LogP contribution in [0.15, 0.2) is 29.2 Å². The first kappa shape index (κ1) is 21.2. The Hall–Kier alpha value is -0.893. The van der Waals surface area contributed by atoms with Crippen molar-refractivity contribution in [2.45, 2.75) is 83.0 Å². The summed E-state index contributed by atoms with van der Waals surface area (Å²) in [6.07, 6.45) is 3.08. The molecule has 24 heavy (non-hydrogen) atoms. The number of unbranched alkanes of at least 4 members (excludes halogenated alkanes) is 1. The Kier molecular flexibility index (Phi) is 9.58. The van der Waals surface area contributed by atoms with Gasteiger partial charge in [-0.2, -0.15) is 0 Å². The molecule has 2 nitrogen and oxygen atoms in total. The van der Waals surface area contributed by atoms with Crippen molar-refractivity contribution in [1.29, 1.82) is 0 Å². The normalized spacial score (nSPS) is 13.9. The first-order valence-electron chi connectivity index (χ1n) is 9.17. The summed E-state index contributed by atoms with van der Waals surface area (Å²) in [6, 6.07) is 11.1. The lowest BCUT2D eigenvalue weighted by Crippen LogP contribution is -2.39. The maximum atomic E-state index is 12.4. The Labute approximate surface area is 152 Å². The molecule has 0 saturated heterocycles. The van der Waals surface area contributed by atoms with E-state index in [4.69, 9.17) is 4.43 Å². The zero-order valence-corrected chi connectivity index (χ0v) is 17.7. The van der Waals surface area contributed by atoms with E-state index in [0.717, 1.165) is 47.9 Å². The van der Waals surface area contributed by atoms with Crippen molar-refractivity contribution < 1.29 is 8.63 Å². The minimum absolute atomic E-state index is 0.0779. The molecule has 2 atom stereocenters.